The molecule has 1 fully saturated rings. The highest BCUT2D eigenvalue weighted by atomic mass is 127. The van der Waals surface area contributed by atoms with Crippen molar-refractivity contribution < 1.29 is 14.4 Å². The molecule has 8 nitrogen and oxygen atoms in total. The van der Waals surface area contributed by atoms with Crippen molar-refractivity contribution in [2.45, 2.75) is 52.5 Å². The zero-order valence-corrected chi connectivity index (χ0v) is 22.1. The SMILES string of the molecule is CCNC(=NCCCCN1C(=O)c2ccccc2C1=O)NC1CCN(C(=O)C(C)C)CC1.I. The largest absolute Gasteiger partial charge is 0.357 e. The number of nitrogens with zero attached hydrogens (tertiary/aromatic N) is 3. The Kier molecular flexibility index (Phi) is 10.6. The first-order valence-corrected chi connectivity index (χ1v) is 11.7. The number of benzene rings is 1. The number of halogens is 1. The number of rotatable bonds is 8. The van der Waals surface area contributed by atoms with E-state index >= 15 is 0 Å². The maximum Gasteiger partial charge on any atom is 0.261 e. The molecule has 0 spiro atoms. The summed E-state index contributed by atoms with van der Waals surface area (Å²) >= 11 is 0. The summed E-state index contributed by atoms with van der Waals surface area (Å²) in [5, 5.41) is 6.77. The van der Waals surface area contributed by atoms with Gasteiger partial charge in [-0.15, -0.1) is 24.0 Å². The Hall–Kier alpha value is -2.17. The van der Waals surface area contributed by atoms with Gasteiger partial charge in [-0.2, -0.15) is 0 Å². The van der Waals surface area contributed by atoms with Gasteiger partial charge in [-0.3, -0.25) is 24.3 Å². The Morgan fingerprint density at radius 1 is 1.09 bits per heavy atom. The second kappa shape index (κ2) is 12.9. The Morgan fingerprint density at radius 3 is 2.24 bits per heavy atom. The van der Waals surface area contributed by atoms with Crippen molar-refractivity contribution in [3.63, 3.8) is 0 Å². The van der Waals surface area contributed by atoms with Crippen molar-refractivity contribution in [1.29, 1.82) is 0 Å². The van der Waals surface area contributed by atoms with Crippen LogP contribution in [0.2, 0.25) is 0 Å². The molecule has 0 radical (unpaired) electrons. The fraction of sp³-hybridized carbons (Fsp3) is 0.583. The van der Waals surface area contributed by atoms with E-state index in [9.17, 15) is 14.4 Å². The highest BCUT2D eigenvalue weighted by Crippen LogP contribution is 2.22. The number of aliphatic imine (C=N–C) groups is 1. The molecule has 2 aliphatic rings. The number of nitrogens with one attached hydrogen (secondary N) is 2. The Bertz CT molecular complexity index is 830. The lowest BCUT2D eigenvalue weighted by atomic mass is 10.0. The van der Waals surface area contributed by atoms with Crippen LogP contribution >= 0.6 is 24.0 Å². The average Bonchev–Trinajstić information content (AvgIpc) is 3.04. The quantitative estimate of drug-likeness (QED) is 0.165. The predicted octanol–water partition coefficient (Wildman–Crippen LogP) is 2.88. The van der Waals surface area contributed by atoms with E-state index in [1.54, 1.807) is 24.3 Å². The molecule has 1 aromatic rings. The summed E-state index contributed by atoms with van der Waals surface area (Å²) in [6.07, 6.45) is 3.31. The number of likely N-dealkylation sites (tertiary alicyclic amines) is 1. The number of fused-ring (bicyclic) bond motifs is 1. The normalized spacial score (nSPS) is 16.7. The summed E-state index contributed by atoms with van der Waals surface area (Å²) < 4.78 is 0. The Balaban J connectivity index is 0.00000385. The summed E-state index contributed by atoms with van der Waals surface area (Å²) in [5.41, 5.74) is 0.991. The molecule has 0 saturated carbocycles. The zero-order valence-electron chi connectivity index (χ0n) is 19.8. The maximum atomic E-state index is 12.4. The molecule has 1 aromatic carbocycles. The lowest BCUT2D eigenvalue weighted by molar-refractivity contribution is -0.135. The van der Waals surface area contributed by atoms with E-state index in [0.717, 1.165) is 44.9 Å². The van der Waals surface area contributed by atoms with Gasteiger partial charge in [-0.05, 0) is 44.7 Å². The molecule has 2 N–H and O–H groups in total. The number of imide groups is 1. The highest BCUT2D eigenvalue weighted by Gasteiger charge is 2.34. The summed E-state index contributed by atoms with van der Waals surface area (Å²) in [6.45, 7) is 9.25. The van der Waals surface area contributed by atoms with Crippen molar-refractivity contribution >= 4 is 47.7 Å². The van der Waals surface area contributed by atoms with Crippen LogP contribution in [0.25, 0.3) is 0 Å². The number of carbonyl (C=O) groups is 3. The molecule has 3 rings (SSSR count). The molecular weight excluding hydrogens is 533 g/mol. The van der Waals surface area contributed by atoms with E-state index in [-0.39, 0.29) is 47.6 Å². The molecule has 2 aliphatic heterocycles. The van der Waals surface area contributed by atoms with Crippen molar-refractivity contribution in [2.24, 2.45) is 10.9 Å². The first-order chi connectivity index (χ1) is 15.4. The standard InChI is InChI=1S/C24H35N5O3.HI/c1-4-25-24(27-18-11-15-28(16-12-18)21(30)17(2)3)26-13-7-8-14-29-22(31)19-9-5-6-10-20(19)23(29)32;/h5-6,9-10,17-18H,4,7-8,11-16H2,1-3H3,(H2,25,26,27);1H. The van der Waals surface area contributed by atoms with Crippen molar-refractivity contribution in [3.05, 3.63) is 35.4 Å². The van der Waals surface area contributed by atoms with E-state index in [1.807, 2.05) is 25.7 Å². The average molecular weight is 569 g/mol. The van der Waals surface area contributed by atoms with Crippen molar-refractivity contribution in [2.75, 3.05) is 32.7 Å². The molecule has 0 bridgehead atoms. The zero-order chi connectivity index (χ0) is 23.1. The minimum Gasteiger partial charge on any atom is -0.357 e. The molecule has 33 heavy (non-hydrogen) atoms. The van der Waals surface area contributed by atoms with Crippen LogP contribution in [0.5, 0.6) is 0 Å². The van der Waals surface area contributed by atoms with Crippen LogP contribution in [0.3, 0.4) is 0 Å². The number of piperidine rings is 1. The molecule has 0 aromatic heterocycles. The van der Waals surface area contributed by atoms with Crippen LogP contribution in [0.4, 0.5) is 0 Å². The van der Waals surface area contributed by atoms with E-state index < -0.39 is 0 Å². The first-order valence-electron chi connectivity index (χ1n) is 11.7. The molecule has 2 heterocycles. The predicted molar refractivity (Wildman–Crippen MR) is 140 cm³/mol. The Morgan fingerprint density at radius 2 is 1.70 bits per heavy atom. The molecule has 0 atom stereocenters. The number of hydrogen-bond donors (Lipinski definition) is 2. The minimum atomic E-state index is -0.202. The van der Waals surface area contributed by atoms with Gasteiger partial charge in [0.15, 0.2) is 5.96 Å². The molecule has 9 heteroatoms. The van der Waals surface area contributed by atoms with Crippen LogP contribution in [0.15, 0.2) is 29.3 Å². The smallest absolute Gasteiger partial charge is 0.261 e. The van der Waals surface area contributed by atoms with Gasteiger partial charge in [-0.1, -0.05) is 26.0 Å². The topological polar surface area (TPSA) is 94.1 Å². The van der Waals surface area contributed by atoms with E-state index in [4.69, 9.17) is 0 Å². The van der Waals surface area contributed by atoms with E-state index in [1.165, 1.54) is 4.90 Å². The monoisotopic (exact) mass is 569 g/mol. The Labute approximate surface area is 213 Å². The van der Waals surface area contributed by atoms with Gasteiger partial charge in [0, 0.05) is 44.7 Å². The second-order valence-electron chi connectivity index (χ2n) is 8.67. The molecule has 3 amide bonds. The van der Waals surface area contributed by atoms with Gasteiger partial charge < -0.3 is 15.5 Å². The number of unbranched alkanes of at least 4 members (excludes halogenated alkanes) is 1. The van der Waals surface area contributed by atoms with Gasteiger partial charge in [0.1, 0.15) is 0 Å². The fourth-order valence-corrected chi connectivity index (χ4v) is 4.14. The van der Waals surface area contributed by atoms with Crippen LogP contribution in [-0.4, -0.2) is 72.2 Å². The number of guanidine groups is 1. The van der Waals surface area contributed by atoms with Gasteiger partial charge in [-0.25, -0.2) is 0 Å². The number of amides is 3. The molecule has 0 aliphatic carbocycles. The summed E-state index contributed by atoms with van der Waals surface area (Å²) in [4.78, 5) is 44.9. The van der Waals surface area contributed by atoms with Crippen LogP contribution in [0.1, 0.15) is 67.2 Å². The van der Waals surface area contributed by atoms with Crippen molar-refractivity contribution in [1.82, 2.24) is 20.4 Å². The molecular formula is C24H36IN5O3. The van der Waals surface area contributed by atoms with Gasteiger partial charge in [0.25, 0.3) is 11.8 Å². The lowest BCUT2D eigenvalue weighted by Gasteiger charge is -2.34. The van der Waals surface area contributed by atoms with Gasteiger partial charge >= 0.3 is 0 Å². The van der Waals surface area contributed by atoms with E-state index in [2.05, 4.69) is 15.6 Å². The summed E-state index contributed by atoms with van der Waals surface area (Å²) in [5.74, 6) is 0.639. The first kappa shape index (κ1) is 27.1. The number of carbonyl (C=O) groups excluding carboxylic acids is 3. The summed E-state index contributed by atoms with van der Waals surface area (Å²) in [6, 6.07) is 7.27. The van der Waals surface area contributed by atoms with E-state index in [0.29, 0.717) is 36.7 Å². The highest BCUT2D eigenvalue weighted by molar-refractivity contribution is 14.0. The third kappa shape index (κ3) is 6.91. The lowest BCUT2D eigenvalue weighted by Crippen LogP contribution is -2.50. The van der Waals surface area contributed by atoms with Crippen molar-refractivity contribution in [3.8, 4) is 0 Å². The molecule has 0 unspecified atom stereocenters. The van der Waals surface area contributed by atoms with Gasteiger partial charge in [0.2, 0.25) is 5.91 Å². The molecule has 1 saturated heterocycles. The molecule has 182 valence electrons. The number of hydrogen-bond acceptors (Lipinski definition) is 4. The van der Waals surface area contributed by atoms with Crippen LogP contribution in [0, 0.1) is 5.92 Å². The fourth-order valence-electron chi connectivity index (χ4n) is 4.14. The minimum absolute atomic E-state index is 0. The third-order valence-corrected chi connectivity index (χ3v) is 5.92. The van der Waals surface area contributed by atoms with Crippen LogP contribution in [-0.2, 0) is 4.79 Å². The van der Waals surface area contributed by atoms with Gasteiger partial charge in [0.05, 0.1) is 11.1 Å². The summed E-state index contributed by atoms with van der Waals surface area (Å²) in [7, 11) is 0. The maximum absolute atomic E-state index is 12.4. The third-order valence-electron chi connectivity index (χ3n) is 5.92. The van der Waals surface area contributed by atoms with Crippen LogP contribution < -0.4 is 10.6 Å². The second-order valence-corrected chi connectivity index (χ2v) is 8.67.